The normalized spacial score (nSPS) is 20.7. The quantitative estimate of drug-likeness (QED) is 0.148. The minimum atomic E-state index is -4.62. The molecule has 230 valence electrons. The van der Waals surface area contributed by atoms with E-state index in [9.17, 15) is 27.6 Å². The molecule has 1 heterocycles. The molecule has 2 aromatic carbocycles. The molecule has 3 atom stereocenters. The average molecular weight is 616 g/mol. The fraction of sp³-hybridized carbons (Fsp3) is 0.516. The van der Waals surface area contributed by atoms with Crippen LogP contribution in [-0.2, 0) is 22.3 Å². The summed E-state index contributed by atoms with van der Waals surface area (Å²) < 4.78 is 52.4. The number of rotatable bonds is 11. The lowest BCUT2D eigenvalue weighted by Crippen LogP contribution is -2.36. The number of halogens is 3. The molecule has 2 fully saturated rings. The first-order valence-electron chi connectivity index (χ1n) is 14.7. The Bertz CT molecular complexity index is 1550. The van der Waals surface area contributed by atoms with Crippen LogP contribution in [-0.4, -0.2) is 48.0 Å². The van der Waals surface area contributed by atoms with Crippen LogP contribution in [0.25, 0.3) is 10.9 Å². The molecule has 2 aliphatic rings. The molecule has 2 saturated carbocycles. The van der Waals surface area contributed by atoms with Gasteiger partial charge in [-0.15, -0.1) is 5.10 Å². The van der Waals surface area contributed by atoms with Crippen LogP contribution in [0, 0.1) is 23.7 Å². The maximum atomic E-state index is 13.7. The Morgan fingerprint density at radius 1 is 1.02 bits per heavy atom. The predicted molar refractivity (Wildman–Crippen MR) is 157 cm³/mol. The summed E-state index contributed by atoms with van der Waals surface area (Å²) in [6, 6.07) is 10.4. The van der Waals surface area contributed by atoms with Gasteiger partial charge in [-0.05, 0) is 86.0 Å². The Balaban J connectivity index is 1.38. The Morgan fingerprint density at radius 3 is 2.40 bits per heavy atom. The van der Waals surface area contributed by atoms with Crippen molar-refractivity contribution in [3.05, 3.63) is 63.9 Å². The number of fused-ring (bicyclic) bond motifs is 1. The van der Waals surface area contributed by atoms with E-state index in [1.165, 1.54) is 12.8 Å². The third-order valence-electron chi connectivity index (χ3n) is 8.27. The summed E-state index contributed by atoms with van der Waals surface area (Å²) in [5.41, 5.74) is -1.21. The van der Waals surface area contributed by atoms with Gasteiger partial charge >= 0.3 is 12.1 Å². The summed E-state index contributed by atoms with van der Waals surface area (Å²) >= 11 is 0. The molecule has 3 aromatic rings. The zero-order valence-electron chi connectivity index (χ0n) is 24.5. The van der Waals surface area contributed by atoms with Crippen LogP contribution < -0.4 is 10.3 Å². The summed E-state index contributed by atoms with van der Waals surface area (Å²) in [6.07, 6.45) is -1.46. The number of Topliss-reactive ketones (excluding diaryl/α,β-unsaturated/α-hetero) is 1. The molecule has 12 heteroatoms. The number of hydrogen-bond donors (Lipinski definition) is 0. The topological polar surface area (TPSA) is 100 Å². The van der Waals surface area contributed by atoms with Gasteiger partial charge in [0.2, 0.25) is 0 Å². The molecule has 0 saturated heterocycles. The number of aromatic nitrogens is 3. The number of hydrogen-bond acceptors (Lipinski definition) is 7. The fourth-order valence-electron chi connectivity index (χ4n) is 5.51. The molecule has 0 N–H and O–H groups in total. The first kappa shape index (κ1) is 30.9. The molecule has 0 radical (unpaired) electrons. The molecule has 2 aliphatic carbocycles. The van der Waals surface area contributed by atoms with Crippen LogP contribution in [0.5, 0.6) is 5.75 Å². The molecule has 0 unspecified atom stereocenters. The molecule has 0 spiro atoms. The lowest BCUT2D eigenvalue weighted by molar-refractivity contribution is -0.150. The van der Waals surface area contributed by atoms with Crippen molar-refractivity contribution < 1.29 is 32.2 Å². The van der Waals surface area contributed by atoms with Gasteiger partial charge in [0.25, 0.3) is 5.56 Å². The van der Waals surface area contributed by atoms with E-state index in [4.69, 9.17) is 9.47 Å². The minimum absolute atomic E-state index is 0.0422. The second-order valence-electron chi connectivity index (χ2n) is 12.9. The SMILES string of the molecule is C[Si](C)(C)CCOC(=O)[C@H]1[C@H](Cn2nnc3ccc(C(F)(F)F)cc3c2=O)CC[C@@H]1C(=O)c1ccc(OCC2CC2)cc1. The van der Waals surface area contributed by atoms with E-state index in [2.05, 4.69) is 30.0 Å². The number of carbonyl (C=O) groups excluding carboxylic acids is 2. The molecule has 1 aromatic heterocycles. The van der Waals surface area contributed by atoms with Gasteiger partial charge in [-0.25, -0.2) is 4.68 Å². The molecule has 0 bridgehead atoms. The zero-order valence-corrected chi connectivity index (χ0v) is 25.5. The van der Waals surface area contributed by atoms with Crippen molar-refractivity contribution in [3.63, 3.8) is 0 Å². The third-order valence-corrected chi connectivity index (χ3v) is 9.98. The van der Waals surface area contributed by atoms with E-state index in [-0.39, 0.29) is 29.8 Å². The average Bonchev–Trinajstić information content (AvgIpc) is 3.69. The van der Waals surface area contributed by atoms with Crippen molar-refractivity contribution in [3.8, 4) is 5.75 Å². The highest BCUT2D eigenvalue weighted by molar-refractivity contribution is 6.76. The molecule has 5 rings (SSSR count). The van der Waals surface area contributed by atoms with E-state index in [0.29, 0.717) is 36.7 Å². The van der Waals surface area contributed by atoms with Gasteiger partial charge in [0.05, 0.1) is 36.6 Å². The van der Waals surface area contributed by atoms with Crippen LogP contribution in [0.2, 0.25) is 25.7 Å². The van der Waals surface area contributed by atoms with Gasteiger partial charge in [-0.3, -0.25) is 14.4 Å². The van der Waals surface area contributed by atoms with Crippen molar-refractivity contribution in [1.29, 1.82) is 0 Å². The molecule has 8 nitrogen and oxygen atoms in total. The highest BCUT2D eigenvalue weighted by atomic mass is 28.3. The Morgan fingerprint density at radius 2 is 1.74 bits per heavy atom. The highest BCUT2D eigenvalue weighted by Gasteiger charge is 2.46. The fourth-order valence-corrected chi connectivity index (χ4v) is 6.23. The lowest BCUT2D eigenvalue weighted by Gasteiger charge is -2.24. The summed E-state index contributed by atoms with van der Waals surface area (Å²) in [5, 5.41) is 7.68. The maximum Gasteiger partial charge on any atom is 0.416 e. The summed E-state index contributed by atoms with van der Waals surface area (Å²) in [7, 11) is -1.50. The summed E-state index contributed by atoms with van der Waals surface area (Å²) in [6.45, 7) is 7.30. The van der Waals surface area contributed by atoms with Gasteiger partial charge in [-0.1, -0.05) is 24.9 Å². The molecular formula is C31H36F3N3O5Si. The summed E-state index contributed by atoms with van der Waals surface area (Å²) in [5.74, 6) is -1.45. The minimum Gasteiger partial charge on any atom is -0.493 e. The Kier molecular flexibility index (Phi) is 8.78. The van der Waals surface area contributed by atoms with Crippen molar-refractivity contribution >= 4 is 30.7 Å². The Labute approximate surface area is 248 Å². The first-order chi connectivity index (χ1) is 20.3. The van der Waals surface area contributed by atoms with Gasteiger partial charge in [0, 0.05) is 19.6 Å². The molecule has 43 heavy (non-hydrogen) atoms. The van der Waals surface area contributed by atoms with Crippen LogP contribution >= 0.6 is 0 Å². The number of carbonyl (C=O) groups is 2. The third kappa shape index (κ3) is 7.52. The monoisotopic (exact) mass is 615 g/mol. The van der Waals surface area contributed by atoms with Crippen LogP contribution in [0.3, 0.4) is 0 Å². The van der Waals surface area contributed by atoms with Gasteiger partial charge in [0.15, 0.2) is 5.78 Å². The van der Waals surface area contributed by atoms with Crippen molar-refractivity contribution in [2.75, 3.05) is 13.2 Å². The number of esters is 1. The van der Waals surface area contributed by atoms with Gasteiger partial charge < -0.3 is 9.47 Å². The van der Waals surface area contributed by atoms with Crippen LogP contribution in [0.15, 0.2) is 47.3 Å². The van der Waals surface area contributed by atoms with Crippen molar-refractivity contribution in [1.82, 2.24) is 15.0 Å². The van der Waals surface area contributed by atoms with Crippen LogP contribution in [0.1, 0.15) is 41.6 Å². The largest absolute Gasteiger partial charge is 0.493 e. The number of alkyl halides is 3. The number of benzene rings is 2. The second kappa shape index (κ2) is 12.2. The van der Waals surface area contributed by atoms with Crippen molar-refractivity contribution in [2.24, 2.45) is 23.7 Å². The number of nitrogens with zero attached hydrogens (tertiary/aromatic N) is 3. The molecule has 0 amide bonds. The summed E-state index contributed by atoms with van der Waals surface area (Å²) in [4.78, 5) is 40.4. The van der Waals surface area contributed by atoms with E-state index in [1.54, 1.807) is 24.3 Å². The first-order valence-corrected chi connectivity index (χ1v) is 18.4. The molecule has 0 aliphatic heterocycles. The zero-order chi connectivity index (χ0) is 30.9. The predicted octanol–water partition coefficient (Wildman–Crippen LogP) is 6.01. The second-order valence-corrected chi connectivity index (χ2v) is 18.5. The Hall–Kier alpha value is -3.54. The van der Waals surface area contributed by atoms with E-state index < -0.39 is 49.1 Å². The highest BCUT2D eigenvalue weighted by Crippen LogP contribution is 2.41. The molecular weight excluding hydrogens is 579 g/mol. The maximum absolute atomic E-state index is 13.7. The smallest absolute Gasteiger partial charge is 0.416 e. The number of ketones is 1. The number of ether oxygens (including phenoxy) is 2. The van der Waals surface area contributed by atoms with Crippen molar-refractivity contribution in [2.45, 2.75) is 64.1 Å². The van der Waals surface area contributed by atoms with Gasteiger partial charge in [0.1, 0.15) is 11.3 Å². The van der Waals surface area contributed by atoms with E-state index in [0.717, 1.165) is 28.9 Å². The standard InChI is InChI=1S/C31H36F3N3O5Si/c1-43(2,3)15-14-41-30(40)27-21(17-37-29(39)25-16-22(31(32,33)34)9-13-26(25)35-36-37)8-12-24(27)28(38)20-6-10-23(11-7-20)42-18-19-4-5-19/h6-7,9-11,13,16,19,21,24,27H,4-5,8,12,14-15,17-18H2,1-3H3/t21-,24-,27-/m0/s1. The lowest BCUT2D eigenvalue weighted by atomic mass is 9.84. The van der Waals surface area contributed by atoms with Crippen LogP contribution in [0.4, 0.5) is 13.2 Å². The van der Waals surface area contributed by atoms with E-state index >= 15 is 0 Å². The van der Waals surface area contributed by atoms with E-state index in [1.807, 2.05) is 0 Å². The van der Waals surface area contributed by atoms with Gasteiger partial charge in [-0.2, -0.15) is 13.2 Å².